The first-order valence-electron chi connectivity index (χ1n) is 12.0. The van der Waals surface area contributed by atoms with Crippen LogP contribution in [-0.4, -0.2) is 63.9 Å². The van der Waals surface area contributed by atoms with E-state index in [4.69, 9.17) is 22.3 Å². The molecule has 0 bridgehead atoms. The Morgan fingerprint density at radius 3 is 2.60 bits per heavy atom. The maximum atomic E-state index is 14.2. The summed E-state index contributed by atoms with van der Waals surface area (Å²) in [7, 11) is 0. The van der Waals surface area contributed by atoms with Crippen LogP contribution >= 0.6 is 11.6 Å². The van der Waals surface area contributed by atoms with Crippen molar-refractivity contribution in [1.82, 2.24) is 19.8 Å². The molecule has 2 aliphatic rings. The summed E-state index contributed by atoms with van der Waals surface area (Å²) in [6, 6.07) is 5.51. The lowest BCUT2D eigenvalue weighted by molar-refractivity contribution is 0.294. The highest BCUT2D eigenvalue weighted by Gasteiger charge is 2.29. The van der Waals surface area contributed by atoms with Crippen molar-refractivity contribution in [1.29, 1.82) is 0 Å². The lowest BCUT2D eigenvalue weighted by Crippen LogP contribution is -2.54. The van der Waals surface area contributed by atoms with Crippen LogP contribution in [-0.2, 0) is 0 Å². The summed E-state index contributed by atoms with van der Waals surface area (Å²) in [5.74, 6) is 1.83. The fraction of sp³-hybridized carbons (Fsp3) is 0.423. The summed E-state index contributed by atoms with van der Waals surface area (Å²) in [5, 5.41) is 0.393. The van der Waals surface area contributed by atoms with Crippen LogP contribution in [0.4, 0.5) is 10.2 Å². The number of hydrogen-bond acceptors (Lipinski definition) is 6. The van der Waals surface area contributed by atoms with Crippen molar-refractivity contribution in [3.63, 3.8) is 0 Å². The molecule has 0 aliphatic carbocycles. The number of rotatable bonds is 5. The van der Waals surface area contributed by atoms with Crippen LogP contribution in [0.1, 0.15) is 37.8 Å². The lowest BCUT2D eigenvalue weighted by atomic mass is 10.1. The van der Waals surface area contributed by atoms with Crippen molar-refractivity contribution < 1.29 is 4.39 Å². The van der Waals surface area contributed by atoms with Gasteiger partial charge < -0.3 is 20.4 Å². The summed E-state index contributed by atoms with van der Waals surface area (Å²) in [6.45, 7) is 13.3. The van der Waals surface area contributed by atoms with Gasteiger partial charge in [0.25, 0.3) is 0 Å². The number of benzene rings is 1. The number of nitrogens with zero attached hydrogens (tertiary/aromatic N) is 6. The molecule has 1 aromatic heterocycles. The molecule has 9 heteroatoms. The monoisotopic (exact) mass is 497 g/mol. The van der Waals surface area contributed by atoms with E-state index in [2.05, 4.69) is 45.1 Å². The average molecular weight is 498 g/mol. The number of aromatic nitrogens is 2. The Morgan fingerprint density at radius 1 is 1.17 bits per heavy atom. The molecule has 2 N–H and O–H groups in total. The lowest BCUT2D eigenvalue weighted by Gasteiger charge is -2.41. The van der Waals surface area contributed by atoms with E-state index in [-0.39, 0.29) is 11.9 Å². The second kappa shape index (κ2) is 10.6. The number of aliphatic imine (C=N–C) groups is 1. The molecule has 2 aromatic rings. The van der Waals surface area contributed by atoms with Crippen LogP contribution in [0.3, 0.4) is 0 Å². The van der Waals surface area contributed by atoms with E-state index < -0.39 is 0 Å². The predicted molar refractivity (Wildman–Crippen MR) is 141 cm³/mol. The minimum atomic E-state index is -0.282. The first-order valence-corrected chi connectivity index (χ1v) is 12.4. The van der Waals surface area contributed by atoms with E-state index in [0.29, 0.717) is 59.3 Å². The van der Waals surface area contributed by atoms with Gasteiger partial charge >= 0.3 is 0 Å². The van der Waals surface area contributed by atoms with E-state index in [1.54, 1.807) is 25.4 Å². The summed E-state index contributed by atoms with van der Waals surface area (Å²) >= 11 is 6.29. The van der Waals surface area contributed by atoms with Crippen LogP contribution in [0.5, 0.6) is 0 Å². The predicted octanol–water partition coefficient (Wildman–Crippen LogP) is 4.44. The fourth-order valence-corrected chi connectivity index (χ4v) is 4.93. The van der Waals surface area contributed by atoms with Crippen molar-refractivity contribution in [3.8, 4) is 0 Å². The number of piperazine rings is 1. The molecule has 0 amide bonds. The number of amidine groups is 1. The Bertz CT molecular complexity index is 1150. The molecule has 2 atom stereocenters. The van der Waals surface area contributed by atoms with Crippen molar-refractivity contribution in [2.75, 3.05) is 31.1 Å². The molecule has 3 heterocycles. The molecule has 2 saturated heterocycles. The van der Waals surface area contributed by atoms with E-state index in [0.717, 1.165) is 25.2 Å². The molecule has 0 saturated carbocycles. The Balaban J connectivity index is 1.63. The van der Waals surface area contributed by atoms with Crippen LogP contribution < -0.4 is 10.6 Å². The third-order valence-electron chi connectivity index (χ3n) is 6.78. The summed E-state index contributed by atoms with van der Waals surface area (Å²) in [5.41, 5.74) is 8.12. The molecular weight excluding hydrogens is 465 g/mol. The Labute approximate surface area is 211 Å². The van der Waals surface area contributed by atoms with Crippen molar-refractivity contribution in [3.05, 3.63) is 71.2 Å². The minimum Gasteiger partial charge on any atom is -0.398 e. The molecule has 0 unspecified atom stereocenters. The van der Waals surface area contributed by atoms with Crippen molar-refractivity contribution in [2.24, 2.45) is 10.7 Å². The zero-order valence-corrected chi connectivity index (χ0v) is 21.3. The molecule has 4 rings (SSSR count). The Morgan fingerprint density at radius 2 is 1.94 bits per heavy atom. The topological polar surface area (TPSA) is 73.9 Å². The number of likely N-dealkylation sites (tertiary alicyclic amines) is 1. The maximum Gasteiger partial charge on any atom is 0.171 e. The van der Waals surface area contributed by atoms with Gasteiger partial charge in [-0.1, -0.05) is 30.3 Å². The van der Waals surface area contributed by atoms with Crippen molar-refractivity contribution in [2.45, 2.75) is 45.7 Å². The number of nitrogens with two attached hydrogens (primary N) is 1. The summed E-state index contributed by atoms with van der Waals surface area (Å²) < 4.78 is 14.2. The van der Waals surface area contributed by atoms with Crippen LogP contribution in [0.2, 0.25) is 5.15 Å². The maximum absolute atomic E-state index is 14.2. The zero-order chi connectivity index (χ0) is 25.1. The number of anilines is 1. The van der Waals surface area contributed by atoms with Crippen LogP contribution in [0.15, 0.2) is 54.1 Å². The molecule has 0 radical (unpaired) electrons. The van der Waals surface area contributed by atoms with E-state index in [1.165, 1.54) is 6.07 Å². The number of halogens is 2. The summed E-state index contributed by atoms with van der Waals surface area (Å²) in [4.78, 5) is 20.1. The van der Waals surface area contributed by atoms with Gasteiger partial charge in [-0.25, -0.2) is 19.4 Å². The van der Waals surface area contributed by atoms with E-state index in [9.17, 15) is 4.39 Å². The zero-order valence-electron chi connectivity index (χ0n) is 20.6. The van der Waals surface area contributed by atoms with Gasteiger partial charge in [0.05, 0.1) is 0 Å². The molecule has 1 aromatic carbocycles. The molecule has 2 fully saturated rings. The van der Waals surface area contributed by atoms with Gasteiger partial charge in [0, 0.05) is 68.0 Å². The van der Waals surface area contributed by atoms with Gasteiger partial charge in [0.15, 0.2) is 11.0 Å². The Hall–Kier alpha value is -3.13. The van der Waals surface area contributed by atoms with Gasteiger partial charge in [-0.3, -0.25) is 0 Å². The second-order valence-electron chi connectivity index (χ2n) is 9.29. The van der Waals surface area contributed by atoms with Gasteiger partial charge in [-0.2, -0.15) is 0 Å². The normalized spacial score (nSPS) is 21.6. The number of aryl methyl sites for hydroxylation is 1. The molecule has 7 nitrogen and oxygen atoms in total. The molecule has 2 aliphatic heterocycles. The smallest absolute Gasteiger partial charge is 0.171 e. The molecule has 35 heavy (non-hydrogen) atoms. The highest BCUT2D eigenvalue weighted by atomic mass is 35.5. The SMILES string of the molecule is C=C(N=C(/C=C(\N)c1ccc(C)c(F)c1)N1CCN(c2nccnc2Cl)C[C@H]1C)N1CCC[C@@H]1C. The first-order chi connectivity index (χ1) is 16.7. The highest BCUT2D eigenvalue weighted by molar-refractivity contribution is 6.31. The second-order valence-corrected chi connectivity index (χ2v) is 9.65. The summed E-state index contributed by atoms with van der Waals surface area (Å²) in [6.07, 6.45) is 7.31. The Kier molecular flexibility index (Phi) is 7.60. The standard InChI is InChI=1S/C26H33ClFN7/c1-17-7-8-21(14-22(17)28)23(29)15-24(32-20(4)34-11-5-6-18(34)2)35-13-12-33(16-19(35)3)26-25(27)30-9-10-31-26/h7-10,14-15,18-19H,4-6,11-13,16,29H2,1-3H3/b23-15-,32-24?/t18-,19+/m0/s1. The molecular formula is C26H33ClFN7. The fourth-order valence-electron chi connectivity index (χ4n) is 4.70. The average Bonchev–Trinajstić information content (AvgIpc) is 3.26. The highest BCUT2D eigenvalue weighted by Crippen LogP contribution is 2.26. The molecule has 0 spiro atoms. The van der Waals surface area contributed by atoms with Crippen molar-refractivity contribution >= 4 is 29.0 Å². The van der Waals surface area contributed by atoms with Gasteiger partial charge in [-0.05, 0) is 45.2 Å². The van der Waals surface area contributed by atoms with Gasteiger partial charge in [-0.15, -0.1) is 0 Å². The largest absolute Gasteiger partial charge is 0.398 e. The molecule has 186 valence electrons. The number of hydrogen-bond donors (Lipinski definition) is 1. The quantitative estimate of drug-likeness (QED) is 0.486. The third-order valence-corrected chi connectivity index (χ3v) is 7.04. The van der Waals surface area contributed by atoms with E-state index in [1.807, 2.05) is 12.1 Å². The third kappa shape index (κ3) is 5.59. The minimum absolute atomic E-state index is 0.0863. The van der Waals surface area contributed by atoms with Crippen LogP contribution in [0.25, 0.3) is 5.70 Å². The van der Waals surface area contributed by atoms with Gasteiger partial charge in [0.1, 0.15) is 17.5 Å². The first kappa shape index (κ1) is 25.0. The van der Waals surface area contributed by atoms with Gasteiger partial charge in [0.2, 0.25) is 0 Å². The van der Waals surface area contributed by atoms with Crippen LogP contribution in [0, 0.1) is 12.7 Å². The van der Waals surface area contributed by atoms with E-state index >= 15 is 0 Å².